The molecule has 0 aliphatic carbocycles. The van der Waals surface area contributed by atoms with Crippen molar-refractivity contribution in [1.82, 2.24) is 0 Å². The van der Waals surface area contributed by atoms with Crippen LogP contribution >= 0.6 is 0 Å². The molecule has 0 radical (unpaired) electrons. The van der Waals surface area contributed by atoms with E-state index in [9.17, 15) is 4.79 Å². The minimum absolute atomic E-state index is 0.0987. The second kappa shape index (κ2) is 18.3. The van der Waals surface area contributed by atoms with Crippen molar-refractivity contribution >= 4 is 5.97 Å². The Hall–Kier alpha value is -1.77. The number of benzene rings is 1. The molecular weight excluding hydrogens is 360 g/mol. The molecule has 1 rings (SSSR count). The van der Waals surface area contributed by atoms with Gasteiger partial charge < -0.3 is 9.47 Å². The van der Waals surface area contributed by atoms with Crippen LogP contribution in [0.4, 0.5) is 0 Å². The average Bonchev–Trinajstić information content (AvgIpc) is 2.75. The Balaban J connectivity index is 1.87. The number of hydrogen-bond donors (Lipinski definition) is 0. The molecule has 164 valence electrons. The molecule has 0 aliphatic rings. The third-order valence-corrected chi connectivity index (χ3v) is 5.20. The normalized spacial score (nSPS) is 11.1. The molecule has 0 bridgehead atoms. The van der Waals surface area contributed by atoms with E-state index in [0.717, 1.165) is 24.2 Å². The minimum Gasteiger partial charge on any atom is -0.497 e. The number of hydrogen-bond acceptors (Lipinski definition) is 3. The van der Waals surface area contributed by atoms with Crippen LogP contribution in [0.3, 0.4) is 0 Å². The highest BCUT2D eigenvalue weighted by atomic mass is 16.5. The zero-order valence-electron chi connectivity index (χ0n) is 18.8. The summed E-state index contributed by atoms with van der Waals surface area (Å²) in [7, 11) is 1.64. The number of esters is 1. The summed E-state index contributed by atoms with van der Waals surface area (Å²) in [6.45, 7) is 2.61. The molecule has 0 atom stereocenters. The maximum atomic E-state index is 11.8. The standard InChI is InChI=1S/C26H42O3/c1-3-4-5-6-7-8-9-10-11-12-13-14-15-16-17-18-26(27)29-23-24-19-21-25(28-2)22-20-24/h10-11,19-22H,3-9,12-18,23H2,1-2H3/b11-10+. The van der Waals surface area contributed by atoms with Crippen molar-refractivity contribution < 1.29 is 14.3 Å². The molecule has 0 aliphatic heterocycles. The summed E-state index contributed by atoms with van der Waals surface area (Å²) in [5, 5.41) is 0. The van der Waals surface area contributed by atoms with E-state index in [4.69, 9.17) is 9.47 Å². The van der Waals surface area contributed by atoms with Crippen LogP contribution in [0, 0.1) is 0 Å². The van der Waals surface area contributed by atoms with E-state index >= 15 is 0 Å². The molecule has 0 N–H and O–H groups in total. The fourth-order valence-electron chi connectivity index (χ4n) is 3.30. The van der Waals surface area contributed by atoms with Crippen LogP contribution < -0.4 is 4.74 Å². The van der Waals surface area contributed by atoms with Crippen molar-refractivity contribution in [2.24, 2.45) is 0 Å². The van der Waals surface area contributed by atoms with Crippen LogP contribution in [-0.2, 0) is 16.1 Å². The van der Waals surface area contributed by atoms with Crippen LogP contribution in [0.2, 0.25) is 0 Å². The smallest absolute Gasteiger partial charge is 0.306 e. The summed E-state index contributed by atoms with van der Waals surface area (Å²) in [6, 6.07) is 7.61. The molecule has 0 saturated carbocycles. The summed E-state index contributed by atoms with van der Waals surface area (Å²) < 4.78 is 10.5. The van der Waals surface area contributed by atoms with E-state index in [0.29, 0.717) is 13.0 Å². The first-order valence-electron chi connectivity index (χ1n) is 11.7. The molecule has 1 aromatic carbocycles. The van der Waals surface area contributed by atoms with Crippen molar-refractivity contribution in [3.8, 4) is 5.75 Å². The highest BCUT2D eigenvalue weighted by molar-refractivity contribution is 5.69. The topological polar surface area (TPSA) is 35.5 Å². The predicted molar refractivity (Wildman–Crippen MR) is 122 cm³/mol. The Labute approximate surface area is 178 Å². The van der Waals surface area contributed by atoms with Gasteiger partial charge in [-0.3, -0.25) is 4.79 Å². The van der Waals surface area contributed by atoms with Gasteiger partial charge in [-0.2, -0.15) is 0 Å². The second-order valence-electron chi connectivity index (χ2n) is 7.84. The highest BCUT2D eigenvalue weighted by Crippen LogP contribution is 2.13. The molecule has 0 saturated heterocycles. The molecule has 3 nitrogen and oxygen atoms in total. The van der Waals surface area contributed by atoms with Crippen LogP contribution in [-0.4, -0.2) is 13.1 Å². The highest BCUT2D eigenvalue weighted by Gasteiger charge is 2.03. The largest absolute Gasteiger partial charge is 0.497 e. The third kappa shape index (κ3) is 14.8. The lowest BCUT2D eigenvalue weighted by Crippen LogP contribution is -2.04. The van der Waals surface area contributed by atoms with Crippen molar-refractivity contribution in [2.45, 2.75) is 103 Å². The van der Waals surface area contributed by atoms with E-state index in [2.05, 4.69) is 19.1 Å². The minimum atomic E-state index is -0.0987. The Kier molecular flexibility index (Phi) is 15.9. The predicted octanol–water partition coefficient (Wildman–Crippen LogP) is 7.78. The lowest BCUT2D eigenvalue weighted by Gasteiger charge is -2.06. The number of rotatable bonds is 18. The van der Waals surface area contributed by atoms with Gasteiger partial charge in [0.1, 0.15) is 12.4 Å². The second-order valence-corrected chi connectivity index (χ2v) is 7.84. The van der Waals surface area contributed by atoms with Gasteiger partial charge in [-0.05, 0) is 49.8 Å². The van der Waals surface area contributed by atoms with E-state index in [1.165, 1.54) is 70.6 Å². The molecular formula is C26H42O3. The third-order valence-electron chi connectivity index (χ3n) is 5.20. The number of allylic oxidation sites excluding steroid dienone is 2. The van der Waals surface area contributed by atoms with Crippen LogP contribution in [0.25, 0.3) is 0 Å². The molecule has 0 heterocycles. The fraction of sp³-hybridized carbons (Fsp3) is 0.654. The van der Waals surface area contributed by atoms with Gasteiger partial charge in [0, 0.05) is 6.42 Å². The van der Waals surface area contributed by atoms with Gasteiger partial charge in [0.05, 0.1) is 7.11 Å². The fourth-order valence-corrected chi connectivity index (χ4v) is 3.30. The Morgan fingerprint density at radius 2 is 1.34 bits per heavy atom. The van der Waals surface area contributed by atoms with Gasteiger partial charge in [-0.25, -0.2) is 0 Å². The van der Waals surface area contributed by atoms with E-state index in [-0.39, 0.29) is 5.97 Å². The molecule has 29 heavy (non-hydrogen) atoms. The van der Waals surface area contributed by atoms with E-state index in [1.54, 1.807) is 7.11 Å². The Bertz CT molecular complexity index is 533. The van der Waals surface area contributed by atoms with Crippen molar-refractivity contribution in [3.63, 3.8) is 0 Å². The number of unbranched alkanes of at least 4 members (excludes halogenated alkanes) is 11. The lowest BCUT2D eigenvalue weighted by atomic mass is 10.1. The number of ether oxygens (including phenoxy) is 2. The first-order chi connectivity index (χ1) is 14.3. The Morgan fingerprint density at radius 3 is 1.93 bits per heavy atom. The van der Waals surface area contributed by atoms with Gasteiger partial charge >= 0.3 is 5.97 Å². The van der Waals surface area contributed by atoms with Crippen LogP contribution in [0.15, 0.2) is 36.4 Å². The molecule has 0 fully saturated rings. The van der Waals surface area contributed by atoms with Crippen molar-refractivity contribution in [1.29, 1.82) is 0 Å². The van der Waals surface area contributed by atoms with Gasteiger partial charge in [-0.1, -0.05) is 82.6 Å². The van der Waals surface area contributed by atoms with Crippen LogP contribution in [0.1, 0.15) is 102 Å². The molecule has 0 unspecified atom stereocenters. The number of carbonyl (C=O) groups is 1. The summed E-state index contributed by atoms with van der Waals surface area (Å²) in [6.07, 6.45) is 21.7. The summed E-state index contributed by atoms with van der Waals surface area (Å²) in [4.78, 5) is 11.8. The average molecular weight is 403 g/mol. The number of methoxy groups -OCH3 is 1. The Morgan fingerprint density at radius 1 is 0.793 bits per heavy atom. The monoisotopic (exact) mass is 402 g/mol. The molecule has 3 heteroatoms. The van der Waals surface area contributed by atoms with Gasteiger partial charge in [0.2, 0.25) is 0 Å². The summed E-state index contributed by atoms with van der Waals surface area (Å²) in [5.74, 6) is 0.715. The van der Waals surface area contributed by atoms with Gasteiger partial charge in [0.25, 0.3) is 0 Å². The molecule has 1 aromatic rings. The summed E-state index contributed by atoms with van der Waals surface area (Å²) in [5.41, 5.74) is 0.990. The molecule has 0 aromatic heterocycles. The van der Waals surface area contributed by atoms with E-state index < -0.39 is 0 Å². The summed E-state index contributed by atoms with van der Waals surface area (Å²) >= 11 is 0. The number of carbonyl (C=O) groups excluding carboxylic acids is 1. The van der Waals surface area contributed by atoms with Gasteiger partial charge in [0.15, 0.2) is 0 Å². The maximum Gasteiger partial charge on any atom is 0.306 e. The van der Waals surface area contributed by atoms with Crippen molar-refractivity contribution in [2.75, 3.05) is 7.11 Å². The van der Waals surface area contributed by atoms with Crippen LogP contribution in [0.5, 0.6) is 5.75 Å². The van der Waals surface area contributed by atoms with E-state index in [1.807, 2.05) is 24.3 Å². The van der Waals surface area contributed by atoms with Gasteiger partial charge in [-0.15, -0.1) is 0 Å². The van der Waals surface area contributed by atoms with Crippen molar-refractivity contribution in [3.05, 3.63) is 42.0 Å². The first-order valence-corrected chi connectivity index (χ1v) is 11.7. The SMILES string of the molecule is CCCCCCCC/C=C/CCCCCCCC(=O)OCc1ccc(OC)cc1. The lowest BCUT2D eigenvalue weighted by molar-refractivity contribution is -0.145. The quantitative estimate of drug-likeness (QED) is 0.143. The maximum absolute atomic E-state index is 11.8. The molecule has 0 amide bonds. The first kappa shape index (κ1) is 25.3. The molecule has 0 spiro atoms. The zero-order valence-corrected chi connectivity index (χ0v) is 18.8. The zero-order chi connectivity index (χ0) is 21.0.